The standard InChI is InChI=1S/C20H32N4O2/c25-20(23-10-12-26-13-11-23)18-14-17(21-22-18)19-8-4-5-9-24(19)15-16-6-2-1-3-7-16/h14,16,19H,1-13,15H2,(H,21,22)/t19-/m0/s1. The number of morpholine rings is 1. The largest absolute Gasteiger partial charge is 0.378 e. The second-order valence-electron chi connectivity index (χ2n) is 8.12. The highest BCUT2D eigenvalue weighted by molar-refractivity contribution is 5.92. The van der Waals surface area contributed by atoms with Gasteiger partial charge in [0.15, 0.2) is 0 Å². The molecule has 26 heavy (non-hydrogen) atoms. The van der Waals surface area contributed by atoms with Crippen LogP contribution in [0, 0.1) is 5.92 Å². The molecule has 0 unspecified atom stereocenters. The SMILES string of the molecule is O=C(c1cc([C@@H]2CCCCN2CC2CCCCC2)[nH]n1)N1CCOCC1. The molecule has 2 saturated heterocycles. The minimum atomic E-state index is 0.0328. The van der Waals surface area contributed by atoms with E-state index in [9.17, 15) is 4.79 Å². The highest BCUT2D eigenvalue weighted by atomic mass is 16.5. The van der Waals surface area contributed by atoms with Crippen molar-refractivity contribution in [1.29, 1.82) is 0 Å². The van der Waals surface area contributed by atoms with Gasteiger partial charge in [0.05, 0.1) is 24.9 Å². The van der Waals surface area contributed by atoms with Gasteiger partial charge in [-0.25, -0.2) is 0 Å². The Bertz CT molecular complexity index is 590. The molecule has 0 aromatic carbocycles. The fourth-order valence-corrected chi connectivity index (χ4v) is 4.81. The number of carbonyl (C=O) groups is 1. The summed E-state index contributed by atoms with van der Waals surface area (Å²) in [6.07, 6.45) is 10.7. The number of H-pyrrole nitrogens is 1. The first-order valence-corrected chi connectivity index (χ1v) is 10.5. The third-order valence-corrected chi connectivity index (χ3v) is 6.31. The predicted octanol–water partition coefficient (Wildman–Crippen LogP) is 2.99. The monoisotopic (exact) mass is 360 g/mol. The molecule has 3 fully saturated rings. The Kier molecular flexibility index (Phi) is 5.90. The highest BCUT2D eigenvalue weighted by Crippen LogP contribution is 2.33. The summed E-state index contributed by atoms with van der Waals surface area (Å²) >= 11 is 0. The molecule has 0 spiro atoms. The van der Waals surface area contributed by atoms with Gasteiger partial charge in [-0.15, -0.1) is 0 Å². The molecule has 144 valence electrons. The molecular weight excluding hydrogens is 328 g/mol. The zero-order chi connectivity index (χ0) is 17.8. The van der Waals surface area contributed by atoms with E-state index in [1.165, 1.54) is 64.5 Å². The van der Waals surface area contributed by atoms with Crippen LogP contribution in [-0.4, -0.2) is 65.3 Å². The summed E-state index contributed by atoms with van der Waals surface area (Å²) in [6.45, 7) is 4.96. The molecule has 1 aliphatic carbocycles. The van der Waals surface area contributed by atoms with Gasteiger partial charge in [0.25, 0.3) is 5.91 Å². The number of ether oxygens (including phenoxy) is 1. The zero-order valence-corrected chi connectivity index (χ0v) is 15.8. The first-order chi connectivity index (χ1) is 12.8. The molecule has 1 atom stereocenters. The van der Waals surface area contributed by atoms with Gasteiger partial charge in [-0.2, -0.15) is 5.10 Å². The third-order valence-electron chi connectivity index (χ3n) is 6.31. The highest BCUT2D eigenvalue weighted by Gasteiger charge is 2.29. The Labute approximate surface area is 156 Å². The maximum atomic E-state index is 12.7. The maximum Gasteiger partial charge on any atom is 0.274 e. The normalized spacial score (nSPS) is 26.2. The molecule has 6 heteroatoms. The van der Waals surface area contributed by atoms with Crippen molar-refractivity contribution in [1.82, 2.24) is 20.0 Å². The molecule has 6 nitrogen and oxygen atoms in total. The van der Waals surface area contributed by atoms with Crippen LogP contribution in [0.15, 0.2) is 6.07 Å². The first kappa shape index (κ1) is 18.0. The summed E-state index contributed by atoms with van der Waals surface area (Å²) < 4.78 is 5.34. The summed E-state index contributed by atoms with van der Waals surface area (Å²) in [6, 6.07) is 2.39. The molecule has 0 radical (unpaired) electrons. The zero-order valence-electron chi connectivity index (χ0n) is 15.8. The Balaban J connectivity index is 1.42. The van der Waals surface area contributed by atoms with Crippen molar-refractivity contribution in [2.45, 2.75) is 57.4 Å². The molecule has 2 aliphatic heterocycles. The number of carbonyl (C=O) groups excluding carboxylic acids is 1. The Hall–Kier alpha value is -1.40. The van der Waals surface area contributed by atoms with Gasteiger partial charge in [-0.1, -0.05) is 25.7 Å². The Morgan fingerprint density at radius 1 is 1.08 bits per heavy atom. The molecule has 1 amide bonds. The third kappa shape index (κ3) is 4.12. The van der Waals surface area contributed by atoms with E-state index in [1.54, 1.807) is 0 Å². The Morgan fingerprint density at radius 2 is 1.85 bits per heavy atom. The molecule has 1 aromatic heterocycles. The van der Waals surface area contributed by atoms with Crippen LogP contribution in [0.5, 0.6) is 0 Å². The van der Waals surface area contributed by atoms with Crippen LogP contribution in [0.4, 0.5) is 0 Å². The molecule has 3 aliphatic rings. The van der Waals surface area contributed by atoms with Crippen LogP contribution >= 0.6 is 0 Å². The fourth-order valence-electron chi connectivity index (χ4n) is 4.81. The van der Waals surface area contributed by atoms with Gasteiger partial charge >= 0.3 is 0 Å². The van der Waals surface area contributed by atoms with Gasteiger partial charge in [0, 0.05) is 19.6 Å². The summed E-state index contributed by atoms with van der Waals surface area (Å²) in [7, 11) is 0. The van der Waals surface area contributed by atoms with Crippen LogP contribution in [0.25, 0.3) is 0 Å². The van der Waals surface area contributed by atoms with E-state index < -0.39 is 0 Å². The number of likely N-dealkylation sites (tertiary alicyclic amines) is 1. The van der Waals surface area contributed by atoms with Gasteiger partial charge in [-0.05, 0) is 44.2 Å². The first-order valence-electron chi connectivity index (χ1n) is 10.5. The van der Waals surface area contributed by atoms with Crippen LogP contribution in [-0.2, 0) is 4.74 Å². The lowest BCUT2D eigenvalue weighted by molar-refractivity contribution is 0.0299. The minimum Gasteiger partial charge on any atom is -0.378 e. The van der Waals surface area contributed by atoms with E-state index in [4.69, 9.17) is 4.74 Å². The number of rotatable bonds is 4. The van der Waals surface area contributed by atoms with E-state index in [1.807, 2.05) is 11.0 Å². The maximum absolute atomic E-state index is 12.7. The van der Waals surface area contributed by atoms with Crippen molar-refractivity contribution in [3.05, 3.63) is 17.5 Å². The second kappa shape index (κ2) is 8.53. The van der Waals surface area contributed by atoms with E-state index in [2.05, 4.69) is 15.1 Å². The molecule has 1 aromatic rings. The molecule has 4 rings (SSSR count). The molecule has 3 heterocycles. The van der Waals surface area contributed by atoms with Crippen LogP contribution in [0.2, 0.25) is 0 Å². The molecule has 0 bridgehead atoms. The minimum absolute atomic E-state index is 0.0328. The smallest absolute Gasteiger partial charge is 0.274 e. The van der Waals surface area contributed by atoms with Crippen LogP contribution < -0.4 is 0 Å². The van der Waals surface area contributed by atoms with Gasteiger partial charge in [0.2, 0.25) is 0 Å². The quantitative estimate of drug-likeness (QED) is 0.897. The lowest BCUT2D eigenvalue weighted by Crippen LogP contribution is -2.40. The number of amides is 1. The number of aromatic amines is 1. The molecule has 1 N–H and O–H groups in total. The van der Waals surface area contributed by atoms with Gasteiger partial charge in [0.1, 0.15) is 5.69 Å². The number of nitrogens with zero attached hydrogens (tertiary/aromatic N) is 3. The average Bonchev–Trinajstić information content (AvgIpc) is 3.19. The topological polar surface area (TPSA) is 61.5 Å². The van der Waals surface area contributed by atoms with Crippen molar-refractivity contribution in [3.63, 3.8) is 0 Å². The van der Waals surface area contributed by atoms with E-state index >= 15 is 0 Å². The van der Waals surface area contributed by atoms with Gasteiger partial charge < -0.3 is 9.64 Å². The van der Waals surface area contributed by atoms with Crippen molar-refractivity contribution >= 4 is 5.91 Å². The lowest BCUT2D eigenvalue weighted by atomic mass is 9.87. The second-order valence-corrected chi connectivity index (χ2v) is 8.12. The number of hydrogen-bond donors (Lipinski definition) is 1. The summed E-state index contributed by atoms with van der Waals surface area (Å²) in [5, 5.41) is 7.56. The number of piperidine rings is 1. The Morgan fingerprint density at radius 3 is 2.65 bits per heavy atom. The lowest BCUT2D eigenvalue weighted by Gasteiger charge is -2.38. The predicted molar refractivity (Wildman–Crippen MR) is 100 cm³/mol. The van der Waals surface area contributed by atoms with Gasteiger partial charge in [-0.3, -0.25) is 14.8 Å². The van der Waals surface area contributed by atoms with Crippen LogP contribution in [0.3, 0.4) is 0 Å². The summed E-state index contributed by atoms with van der Waals surface area (Å²) in [4.78, 5) is 17.2. The summed E-state index contributed by atoms with van der Waals surface area (Å²) in [5.74, 6) is 0.882. The van der Waals surface area contributed by atoms with Crippen molar-refractivity contribution in [2.75, 3.05) is 39.4 Å². The fraction of sp³-hybridized carbons (Fsp3) is 0.800. The van der Waals surface area contributed by atoms with Crippen molar-refractivity contribution < 1.29 is 9.53 Å². The summed E-state index contributed by atoms with van der Waals surface area (Å²) in [5.41, 5.74) is 1.68. The molecular formula is C20H32N4O2. The average molecular weight is 361 g/mol. The number of nitrogens with one attached hydrogen (secondary N) is 1. The van der Waals surface area contributed by atoms with Crippen LogP contribution in [0.1, 0.15) is 73.6 Å². The number of aromatic nitrogens is 2. The van der Waals surface area contributed by atoms with E-state index in [-0.39, 0.29) is 5.91 Å². The van der Waals surface area contributed by atoms with E-state index in [0.29, 0.717) is 38.0 Å². The van der Waals surface area contributed by atoms with Crippen molar-refractivity contribution in [2.24, 2.45) is 5.92 Å². The van der Waals surface area contributed by atoms with Crippen molar-refractivity contribution in [3.8, 4) is 0 Å². The molecule has 1 saturated carbocycles. The number of hydrogen-bond acceptors (Lipinski definition) is 4. The van der Waals surface area contributed by atoms with E-state index in [0.717, 1.165) is 11.6 Å².